The molecule has 1 aromatic carbocycles. The van der Waals surface area contributed by atoms with Gasteiger partial charge < -0.3 is 9.84 Å². The number of aromatic nitrogens is 1. The van der Waals surface area contributed by atoms with Crippen LogP contribution in [-0.2, 0) is 0 Å². The fourth-order valence-corrected chi connectivity index (χ4v) is 1.37. The van der Waals surface area contributed by atoms with Gasteiger partial charge in [-0.15, -0.1) is 0 Å². The maximum Gasteiger partial charge on any atom is 0.324 e. The zero-order chi connectivity index (χ0) is 13.0. The van der Waals surface area contributed by atoms with E-state index < -0.39 is 6.03 Å². The molecule has 0 aliphatic carbocycles. The summed E-state index contributed by atoms with van der Waals surface area (Å²) in [6.07, 6.45) is 0. The third-order valence-electron chi connectivity index (χ3n) is 2.12. The number of carbonyl (C=O) groups is 1. The van der Waals surface area contributed by atoms with Crippen LogP contribution in [0.4, 0.5) is 16.3 Å². The molecule has 2 N–H and O–H groups in total. The molecule has 2 aromatic rings. The van der Waals surface area contributed by atoms with E-state index in [0.29, 0.717) is 22.8 Å². The van der Waals surface area contributed by atoms with Crippen LogP contribution in [0.2, 0.25) is 0 Å². The number of nitrogens with zero attached hydrogens (tertiary/aromatic N) is 2. The third-order valence-corrected chi connectivity index (χ3v) is 2.12. The lowest BCUT2D eigenvalue weighted by Crippen LogP contribution is -2.19. The summed E-state index contributed by atoms with van der Waals surface area (Å²) in [5.74, 6) is 0.943. The van der Waals surface area contributed by atoms with E-state index >= 15 is 0 Å². The van der Waals surface area contributed by atoms with Crippen molar-refractivity contribution < 1.29 is 9.32 Å². The summed E-state index contributed by atoms with van der Waals surface area (Å²) >= 11 is 0. The van der Waals surface area contributed by atoms with Gasteiger partial charge in [0.1, 0.15) is 5.76 Å². The Morgan fingerprint density at radius 1 is 1.39 bits per heavy atom. The van der Waals surface area contributed by atoms with Crippen molar-refractivity contribution >= 4 is 17.5 Å². The molecule has 0 bridgehead atoms. The summed E-state index contributed by atoms with van der Waals surface area (Å²) in [5.41, 5.74) is 1.01. The van der Waals surface area contributed by atoms with Gasteiger partial charge in [-0.1, -0.05) is 11.2 Å². The molecule has 0 saturated heterocycles. The van der Waals surface area contributed by atoms with Gasteiger partial charge in [0.25, 0.3) is 0 Å². The van der Waals surface area contributed by atoms with Crippen LogP contribution in [0.15, 0.2) is 34.9 Å². The van der Waals surface area contributed by atoms with Crippen LogP contribution >= 0.6 is 0 Å². The van der Waals surface area contributed by atoms with Gasteiger partial charge in [0.15, 0.2) is 5.82 Å². The molecule has 0 aliphatic heterocycles. The van der Waals surface area contributed by atoms with E-state index in [2.05, 4.69) is 15.8 Å². The maximum atomic E-state index is 11.6. The molecule has 0 unspecified atom stereocenters. The lowest BCUT2D eigenvalue weighted by atomic mass is 10.2. The molecule has 2 rings (SSSR count). The second-order valence-electron chi connectivity index (χ2n) is 3.59. The number of nitriles is 1. The molecule has 0 aliphatic rings. The van der Waals surface area contributed by atoms with Gasteiger partial charge in [-0.2, -0.15) is 5.26 Å². The Morgan fingerprint density at radius 2 is 2.22 bits per heavy atom. The van der Waals surface area contributed by atoms with Gasteiger partial charge in [0, 0.05) is 11.8 Å². The minimum Gasteiger partial charge on any atom is -0.360 e. The first-order valence-electron chi connectivity index (χ1n) is 5.19. The van der Waals surface area contributed by atoms with Gasteiger partial charge in [-0.3, -0.25) is 5.32 Å². The molecule has 18 heavy (non-hydrogen) atoms. The molecule has 2 amide bonds. The minimum atomic E-state index is -0.446. The molecule has 1 heterocycles. The first kappa shape index (κ1) is 11.7. The highest BCUT2D eigenvalue weighted by molar-refractivity contribution is 5.99. The smallest absolute Gasteiger partial charge is 0.324 e. The summed E-state index contributed by atoms with van der Waals surface area (Å²) in [7, 11) is 0. The second-order valence-corrected chi connectivity index (χ2v) is 3.59. The number of anilines is 2. The minimum absolute atomic E-state index is 0.335. The van der Waals surface area contributed by atoms with Crippen molar-refractivity contribution in [3.05, 3.63) is 41.7 Å². The van der Waals surface area contributed by atoms with Crippen molar-refractivity contribution in [2.24, 2.45) is 0 Å². The van der Waals surface area contributed by atoms with Crippen LogP contribution in [0.3, 0.4) is 0 Å². The van der Waals surface area contributed by atoms with E-state index in [1.807, 2.05) is 6.07 Å². The summed E-state index contributed by atoms with van der Waals surface area (Å²) in [6.45, 7) is 1.73. The average molecular weight is 242 g/mol. The average Bonchev–Trinajstić information content (AvgIpc) is 2.74. The number of hydrogen-bond acceptors (Lipinski definition) is 4. The Bertz CT molecular complexity index is 613. The number of hydrogen-bond donors (Lipinski definition) is 2. The SMILES string of the molecule is Cc1cc(NC(=O)Nc2cccc(C#N)c2)no1. The molecule has 0 fully saturated rings. The Morgan fingerprint density at radius 3 is 2.89 bits per heavy atom. The number of urea groups is 1. The quantitative estimate of drug-likeness (QED) is 0.846. The highest BCUT2D eigenvalue weighted by atomic mass is 16.5. The molecule has 90 valence electrons. The van der Waals surface area contributed by atoms with E-state index in [0.717, 1.165) is 0 Å². The van der Waals surface area contributed by atoms with Crippen molar-refractivity contribution in [1.29, 1.82) is 5.26 Å². The standard InChI is InChI=1S/C12H10N4O2/c1-8-5-11(16-18-8)15-12(17)14-10-4-2-3-9(6-10)7-13/h2-6H,1H3,(H2,14,15,16,17). The predicted molar refractivity (Wildman–Crippen MR) is 65.0 cm³/mol. The Labute approximate surface area is 103 Å². The topological polar surface area (TPSA) is 91.0 Å². The molecule has 6 nitrogen and oxygen atoms in total. The molecule has 0 radical (unpaired) electrons. The maximum absolute atomic E-state index is 11.6. The summed E-state index contributed by atoms with van der Waals surface area (Å²) in [4.78, 5) is 11.6. The van der Waals surface area contributed by atoms with Gasteiger partial charge in [-0.05, 0) is 25.1 Å². The first-order chi connectivity index (χ1) is 8.67. The normalized spacial score (nSPS) is 9.56. The monoisotopic (exact) mass is 242 g/mol. The molecule has 0 atom stereocenters. The number of nitrogens with one attached hydrogen (secondary N) is 2. The molecular formula is C12H10N4O2. The largest absolute Gasteiger partial charge is 0.360 e. The predicted octanol–water partition coefficient (Wildman–Crippen LogP) is 2.50. The first-order valence-corrected chi connectivity index (χ1v) is 5.19. The highest BCUT2D eigenvalue weighted by Crippen LogP contribution is 2.11. The Kier molecular flexibility index (Phi) is 3.25. The third kappa shape index (κ3) is 2.86. The number of aryl methyl sites for hydroxylation is 1. The van der Waals surface area contributed by atoms with Crippen LogP contribution in [-0.4, -0.2) is 11.2 Å². The molecule has 6 heteroatoms. The lowest BCUT2D eigenvalue weighted by Gasteiger charge is -2.04. The van der Waals surface area contributed by atoms with Crippen LogP contribution in [0.25, 0.3) is 0 Å². The zero-order valence-electron chi connectivity index (χ0n) is 9.60. The Hall–Kier alpha value is -2.81. The Balaban J connectivity index is 2.01. The van der Waals surface area contributed by atoms with Crippen molar-refractivity contribution in [2.45, 2.75) is 6.92 Å². The second kappa shape index (κ2) is 5.01. The number of rotatable bonds is 2. The fourth-order valence-electron chi connectivity index (χ4n) is 1.37. The molecule has 0 saturated carbocycles. The summed E-state index contributed by atoms with van der Waals surface area (Å²) in [6, 6.07) is 9.76. The van der Waals surface area contributed by atoms with E-state index in [1.54, 1.807) is 37.3 Å². The van der Waals surface area contributed by atoms with E-state index in [4.69, 9.17) is 9.78 Å². The van der Waals surface area contributed by atoms with E-state index in [-0.39, 0.29) is 0 Å². The van der Waals surface area contributed by atoms with Crippen molar-refractivity contribution in [1.82, 2.24) is 5.16 Å². The van der Waals surface area contributed by atoms with Crippen molar-refractivity contribution in [3.63, 3.8) is 0 Å². The van der Waals surface area contributed by atoms with Gasteiger partial charge in [-0.25, -0.2) is 4.79 Å². The highest BCUT2D eigenvalue weighted by Gasteiger charge is 2.06. The fraction of sp³-hybridized carbons (Fsp3) is 0.0833. The van der Waals surface area contributed by atoms with E-state index in [9.17, 15) is 4.79 Å². The zero-order valence-corrected chi connectivity index (χ0v) is 9.60. The molecule has 0 spiro atoms. The lowest BCUT2D eigenvalue weighted by molar-refractivity contribution is 0.262. The number of benzene rings is 1. The van der Waals surface area contributed by atoms with Gasteiger partial charge in [0.2, 0.25) is 0 Å². The van der Waals surface area contributed by atoms with Crippen LogP contribution in [0, 0.1) is 18.3 Å². The number of carbonyl (C=O) groups excluding carboxylic acids is 1. The molecule has 1 aromatic heterocycles. The number of amides is 2. The van der Waals surface area contributed by atoms with Crippen molar-refractivity contribution in [2.75, 3.05) is 10.6 Å². The van der Waals surface area contributed by atoms with E-state index in [1.165, 1.54) is 0 Å². The van der Waals surface area contributed by atoms with Crippen LogP contribution < -0.4 is 10.6 Å². The van der Waals surface area contributed by atoms with Crippen LogP contribution in [0.5, 0.6) is 0 Å². The summed E-state index contributed by atoms with van der Waals surface area (Å²) < 4.78 is 4.82. The van der Waals surface area contributed by atoms with Gasteiger partial charge >= 0.3 is 6.03 Å². The summed E-state index contributed by atoms with van der Waals surface area (Å²) in [5, 5.41) is 17.5. The molecular weight excluding hydrogens is 232 g/mol. The van der Waals surface area contributed by atoms with Crippen molar-refractivity contribution in [3.8, 4) is 6.07 Å². The van der Waals surface area contributed by atoms with Gasteiger partial charge in [0.05, 0.1) is 11.6 Å². The van der Waals surface area contributed by atoms with Crippen LogP contribution in [0.1, 0.15) is 11.3 Å².